The Kier molecular flexibility index (Phi) is 7.63. The third-order valence-electron chi connectivity index (χ3n) is 6.82. The molecule has 2 aliphatic rings. The van der Waals surface area contributed by atoms with E-state index >= 15 is 0 Å². The molecule has 41 heavy (non-hydrogen) atoms. The molecule has 0 bridgehead atoms. The fourth-order valence-corrected chi connectivity index (χ4v) is 6.75. The normalized spacial score (nSPS) is 18.0. The van der Waals surface area contributed by atoms with Gasteiger partial charge in [-0.15, -0.1) is 10.2 Å². The number of aromatic nitrogens is 2. The predicted octanol–water partition coefficient (Wildman–Crippen LogP) is 5.22. The van der Waals surface area contributed by atoms with Gasteiger partial charge in [-0.3, -0.25) is 14.5 Å². The lowest BCUT2D eigenvalue weighted by atomic mass is 9.69. The minimum absolute atomic E-state index is 0.0231. The van der Waals surface area contributed by atoms with Crippen molar-refractivity contribution in [2.45, 2.75) is 36.9 Å². The van der Waals surface area contributed by atoms with Crippen molar-refractivity contribution in [2.24, 2.45) is 11.1 Å². The summed E-state index contributed by atoms with van der Waals surface area (Å²) in [6.45, 7) is 3.98. The minimum Gasteiger partial charge on any atom is -0.384 e. The summed E-state index contributed by atoms with van der Waals surface area (Å²) < 4.78 is 14.2. The Morgan fingerprint density at radius 1 is 1.17 bits per heavy atom. The van der Waals surface area contributed by atoms with Crippen molar-refractivity contribution in [1.29, 1.82) is 10.5 Å². The molecule has 1 aromatic heterocycles. The summed E-state index contributed by atoms with van der Waals surface area (Å²) in [6.07, 6.45) is 0.783. The molecule has 0 spiro atoms. The van der Waals surface area contributed by atoms with Crippen LogP contribution in [0, 0.1) is 33.9 Å². The van der Waals surface area contributed by atoms with E-state index in [1.54, 1.807) is 41.3 Å². The first-order valence-corrected chi connectivity index (χ1v) is 14.4. The van der Waals surface area contributed by atoms with Gasteiger partial charge < -0.3 is 11.1 Å². The summed E-state index contributed by atoms with van der Waals surface area (Å²) in [6, 6.07) is 16.7. The van der Waals surface area contributed by atoms with E-state index in [1.807, 2.05) is 19.9 Å². The molecular weight excluding hydrogens is 561 g/mol. The van der Waals surface area contributed by atoms with Crippen molar-refractivity contribution in [1.82, 2.24) is 10.2 Å². The fraction of sp³-hybridized carbons (Fsp3) is 0.241. The van der Waals surface area contributed by atoms with Crippen molar-refractivity contribution in [3.63, 3.8) is 0 Å². The minimum atomic E-state index is -0.725. The van der Waals surface area contributed by atoms with Crippen LogP contribution in [0.1, 0.15) is 43.7 Å². The number of nitrogens with two attached hydrogens (primary N) is 1. The molecule has 9 nitrogen and oxygen atoms in total. The molecule has 1 atom stereocenters. The van der Waals surface area contributed by atoms with Gasteiger partial charge in [0.1, 0.15) is 17.7 Å². The molecule has 12 heteroatoms. The number of nitriles is 2. The number of nitrogens with zero attached hydrogens (tertiary/aromatic N) is 5. The summed E-state index contributed by atoms with van der Waals surface area (Å²) in [5.41, 5.74) is 8.88. The van der Waals surface area contributed by atoms with Gasteiger partial charge in [-0.2, -0.15) is 10.5 Å². The predicted molar refractivity (Wildman–Crippen MR) is 154 cm³/mol. The Balaban J connectivity index is 1.46. The molecule has 0 radical (unpaired) electrons. The molecule has 206 valence electrons. The topological polar surface area (TPSA) is 149 Å². The number of allylic oxidation sites excluding steroid dienone is 3. The van der Waals surface area contributed by atoms with Crippen LogP contribution < -0.4 is 16.0 Å². The number of thioether (sulfide) groups is 1. The first kappa shape index (κ1) is 28.0. The van der Waals surface area contributed by atoms with Gasteiger partial charge in [0.25, 0.3) is 0 Å². The monoisotopic (exact) mass is 585 g/mol. The van der Waals surface area contributed by atoms with E-state index in [1.165, 1.54) is 35.2 Å². The summed E-state index contributed by atoms with van der Waals surface area (Å²) in [7, 11) is 0. The first-order valence-electron chi connectivity index (χ1n) is 12.6. The zero-order valence-electron chi connectivity index (χ0n) is 22.1. The number of Topliss-reactive ketones (excluding diaryl/α,β-unsaturated/α-hetero) is 1. The maximum absolute atomic E-state index is 13.7. The van der Waals surface area contributed by atoms with Gasteiger partial charge in [-0.05, 0) is 41.7 Å². The molecule has 1 unspecified atom stereocenters. The van der Waals surface area contributed by atoms with Crippen LogP contribution in [-0.2, 0) is 9.59 Å². The average molecular weight is 586 g/mol. The number of halogens is 1. The second-order valence-electron chi connectivity index (χ2n) is 10.4. The van der Waals surface area contributed by atoms with E-state index < -0.39 is 11.7 Å². The van der Waals surface area contributed by atoms with Gasteiger partial charge >= 0.3 is 0 Å². The average Bonchev–Trinajstić information content (AvgIpc) is 3.40. The van der Waals surface area contributed by atoms with E-state index in [2.05, 4.69) is 21.6 Å². The SMILES string of the molecule is CC1(C)CC(=O)C2=C(C1)N(c1nnc(SCC(=O)Nc3ccccc3C#N)s1)C(N)=C(C#N)C2c1ccc(F)cc1. The van der Waals surface area contributed by atoms with Crippen LogP contribution in [0.25, 0.3) is 0 Å². The zero-order valence-corrected chi connectivity index (χ0v) is 23.8. The molecule has 5 rings (SSSR count). The van der Waals surface area contributed by atoms with Crippen LogP contribution >= 0.6 is 23.1 Å². The number of nitrogens with one attached hydrogen (secondary N) is 1. The lowest BCUT2D eigenvalue weighted by Crippen LogP contribution is -2.42. The van der Waals surface area contributed by atoms with Crippen LogP contribution in [0.3, 0.4) is 0 Å². The van der Waals surface area contributed by atoms with Crippen molar-refractivity contribution in [2.75, 3.05) is 16.0 Å². The highest BCUT2D eigenvalue weighted by Crippen LogP contribution is 2.50. The number of hydrogen-bond donors (Lipinski definition) is 2. The van der Waals surface area contributed by atoms with Crippen molar-refractivity contribution >= 4 is 45.6 Å². The van der Waals surface area contributed by atoms with Crippen LogP contribution in [0.5, 0.6) is 0 Å². The standard InChI is InChI=1S/C29H24FN7O2S2/c1-29(2)11-21-25(22(38)12-29)24(16-7-9-18(30)10-8-16)19(14-32)26(33)37(21)27-35-36-28(41-27)40-15-23(39)34-20-6-4-3-5-17(20)13-31/h3-10,24H,11-12,15,33H2,1-2H3,(H,34,39). The molecular formula is C29H24FN7O2S2. The quantitative estimate of drug-likeness (QED) is 0.371. The van der Waals surface area contributed by atoms with Crippen molar-refractivity contribution < 1.29 is 14.0 Å². The highest BCUT2D eigenvalue weighted by Gasteiger charge is 2.45. The number of carbonyl (C=O) groups excluding carboxylic acids is 2. The van der Waals surface area contributed by atoms with E-state index in [9.17, 15) is 24.5 Å². The summed E-state index contributed by atoms with van der Waals surface area (Å²) in [4.78, 5) is 27.8. The lowest BCUT2D eigenvalue weighted by molar-refractivity contribution is -0.118. The number of ketones is 1. The molecule has 1 aliphatic heterocycles. The second-order valence-corrected chi connectivity index (χ2v) is 12.6. The highest BCUT2D eigenvalue weighted by atomic mass is 32.2. The number of para-hydroxylation sites is 1. The van der Waals surface area contributed by atoms with Gasteiger partial charge in [0.05, 0.1) is 34.6 Å². The van der Waals surface area contributed by atoms with E-state index in [0.29, 0.717) is 44.0 Å². The molecule has 2 aromatic carbocycles. The number of amides is 1. The molecule has 2 heterocycles. The third kappa shape index (κ3) is 5.57. The maximum Gasteiger partial charge on any atom is 0.234 e. The number of rotatable bonds is 6. The largest absolute Gasteiger partial charge is 0.384 e. The Labute approximate surface area is 244 Å². The Hall–Kier alpha value is -4.52. The molecule has 1 aliphatic carbocycles. The third-order valence-corrected chi connectivity index (χ3v) is 8.86. The van der Waals surface area contributed by atoms with E-state index in [-0.39, 0.29) is 40.7 Å². The number of benzene rings is 2. The summed E-state index contributed by atoms with van der Waals surface area (Å²) >= 11 is 2.35. The van der Waals surface area contributed by atoms with Crippen LogP contribution in [0.2, 0.25) is 0 Å². The van der Waals surface area contributed by atoms with Gasteiger partial charge in [-0.1, -0.05) is 61.2 Å². The van der Waals surface area contributed by atoms with Crippen molar-refractivity contribution in [3.05, 3.63) is 88.1 Å². The molecule has 3 aromatic rings. The van der Waals surface area contributed by atoms with Crippen molar-refractivity contribution in [3.8, 4) is 12.1 Å². The van der Waals surface area contributed by atoms with Gasteiger partial charge in [-0.25, -0.2) is 4.39 Å². The molecule has 0 saturated heterocycles. The van der Waals surface area contributed by atoms with Gasteiger partial charge in [0.2, 0.25) is 11.0 Å². The van der Waals surface area contributed by atoms with E-state index in [4.69, 9.17) is 5.73 Å². The van der Waals surface area contributed by atoms with E-state index in [0.717, 1.165) is 0 Å². The van der Waals surface area contributed by atoms with Gasteiger partial charge in [0.15, 0.2) is 10.1 Å². The molecule has 1 amide bonds. The molecule has 3 N–H and O–H groups in total. The Morgan fingerprint density at radius 3 is 2.61 bits per heavy atom. The smallest absolute Gasteiger partial charge is 0.234 e. The summed E-state index contributed by atoms with van der Waals surface area (Å²) in [5, 5.41) is 31.0. The second kappa shape index (κ2) is 11.2. The first-order chi connectivity index (χ1) is 19.6. The van der Waals surface area contributed by atoms with Crippen LogP contribution in [-0.4, -0.2) is 27.6 Å². The number of carbonyl (C=O) groups is 2. The highest BCUT2D eigenvalue weighted by molar-refractivity contribution is 8.01. The Bertz CT molecular complexity index is 1700. The number of anilines is 2. The van der Waals surface area contributed by atoms with Crippen LogP contribution in [0.4, 0.5) is 15.2 Å². The van der Waals surface area contributed by atoms with Gasteiger partial charge in [0, 0.05) is 17.7 Å². The summed E-state index contributed by atoms with van der Waals surface area (Å²) in [5.74, 6) is -1.42. The van der Waals surface area contributed by atoms with Crippen LogP contribution in [0.15, 0.2) is 75.5 Å². The maximum atomic E-state index is 13.7. The molecule has 0 fully saturated rings. The number of hydrogen-bond acceptors (Lipinski definition) is 10. The Morgan fingerprint density at radius 2 is 1.90 bits per heavy atom. The fourth-order valence-electron chi connectivity index (χ4n) is 5.07. The zero-order chi connectivity index (χ0) is 29.3. The lowest BCUT2D eigenvalue weighted by Gasteiger charge is -2.42. The molecule has 0 saturated carbocycles.